The van der Waals surface area contributed by atoms with Crippen LogP contribution in [0, 0.1) is 6.92 Å². The van der Waals surface area contributed by atoms with Crippen LogP contribution in [0.3, 0.4) is 0 Å². The zero-order valence-corrected chi connectivity index (χ0v) is 13.1. The van der Waals surface area contributed by atoms with Crippen molar-refractivity contribution in [3.8, 4) is 11.5 Å². The summed E-state index contributed by atoms with van der Waals surface area (Å²) in [5.41, 5.74) is 2.97. The van der Waals surface area contributed by atoms with Crippen LogP contribution in [0.4, 0.5) is 5.69 Å². The molecule has 0 radical (unpaired) electrons. The van der Waals surface area contributed by atoms with Crippen molar-refractivity contribution in [3.63, 3.8) is 0 Å². The van der Waals surface area contributed by atoms with Gasteiger partial charge in [0.05, 0.1) is 0 Å². The highest BCUT2D eigenvalue weighted by atomic mass is 16.5. The predicted octanol–water partition coefficient (Wildman–Crippen LogP) is 3.84. The summed E-state index contributed by atoms with van der Waals surface area (Å²) >= 11 is 0. The highest BCUT2D eigenvalue weighted by Crippen LogP contribution is 2.23. The van der Waals surface area contributed by atoms with E-state index in [9.17, 15) is 9.90 Å². The number of benzene rings is 2. The van der Waals surface area contributed by atoms with Crippen molar-refractivity contribution in [1.29, 1.82) is 0 Å². The number of rotatable bonds is 5. The van der Waals surface area contributed by atoms with Gasteiger partial charge in [-0.25, -0.2) is 0 Å². The Morgan fingerprint density at radius 2 is 2.00 bits per heavy atom. The summed E-state index contributed by atoms with van der Waals surface area (Å²) in [7, 11) is 0. The molecule has 0 spiro atoms. The van der Waals surface area contributed by atoms with Crippen LogP contribution in [-0.4, -0.2) is 17.6 Å². The molecular formula is C18H21NO3. The fraction of sp³-hybridized carbons (Fsp3) is 0.278. The molecule has 0 bridgehead atoms. The molecule has 4 nitrogen and oxygen atoms in total. The number of nitrogens with one attached hydrogen (secondary N) is 1. The molecular weight excluding hydrogens is 278 g/mol. The molecule has 2 aromatic carbocycles. The van der Waals surface area contributed by atoms with Gasteiger partial charge in [0.2, 0.25) is 0 Å². The maximum atomic E-state index is 11.8. The van der Waals surface area contributed by atoms with Gasteiger partial charge in [0.25, 0.3) is 5.91 Å². The molecule has 0 aliphatic rings. The summed E-state index contributed by atoms with van der Waals surface area (Å²) in [5.74, 6) is 0.978. The van der Waals surface area contributed by atoms with Gasteiger partial charge in [-0.1, -0.05) is 26.0 Å². The molecule has 0 aliphatic carbocycles. The molecule has 2 aromatic rings. The van der Waals surface area contributed by atoms with E-state index in [1.807, 2.05) is 25.1 Å². The minimum atomic E-state index is -0.267. The Morgan fingerprint density at radius 1 is 1.23 bits per heavy atom. The minimum absolute atomic E-state index is 0.0733. The minimum Gasteiger partial charge on any atom is -0.508 e. The van der Waals surface area contributed by atoms with Gasteiger partial charge in [-0.2, -0.15) is 0 Å². The number of aryl methyl sites for hydroxylation is 1. The largest absolute Gasteiger partial charge is 0.508 e. The Labute approximate surface area is 130 Å². The molecule has 22 heavy (non-hydrogen) atoms. The maximum Gasteiger partial charge on any atom is 0.262 e. The molecule has 2 N–H and O–H groups in total. The Balaban J connectivity index is 1.92. The zero-order chi connectivity index (χ0) is 16.1. The normalized spacial score (nSPS) is 10.5. The Bertz CT molecular complexity index is 665. The molecule has 1 amide bonds. The van der Waals surface area contributed by atoms with E-state index in [0.717, 1.165) is 5.56 Å². The predicted molar refractivity (Wildman–Crippen MR) is 87.5 cm³/mol. The van der Waals surface area contributed by atoms with Crippen molar-refractivity contribution in [1.82, 2.24) is 0 Å². The second-order valence-corrected chi connectivity index (χ2v) is 5.56. The lowest BCUT2D eigenvalue weighted by atomic mass is 9.98. The van der Waals surface area contributed by atoms with E-state index in [4.69, 9.17) is 4.74 Å². The molecule has 0 saturated heterocycles. The molecule has 0 fully saturated rings. The molecule has 0 aromatic heterocycles. The van der Waals surface area contributed by atoms with Crippen LogP contribution in [-0.2, 0) is 4.79 Å². The lowest BCUT2D eigenvalue weighted by Crippen LogP contribution is -2.20. The second-order valence-electron chi connectivity index (χ2n) is 5.56. The summed E-state index contributed by atoms with van der Waals surface area (Å²) in [6, 6.07) is 12.3. The summed E-state index contributed by atoms with van der Waals surface area (Å²) in [4.78, 5) is 11.8. The fourth-order valence-corrected chi connectivity index (χ4v) is 2.32. The third-order valence-corrected chi connectivity index (χ3v) is 3.36. The summed E-state index contributed by atoms with van der Waals surface area (Å²) in [5, 5.41) is 12.0. The van der Waals surface area contributed by atoms with E-state index < -0.39 is 0 Å². The Kier molecular flexibility index (Phi) is 5.04. The van der Waals surface area contributed by atoms with Gasteiger partial charge in [-0.3, -0.25) is 4.79 Å². The van der Waals surface area contributed by atoms with Gasteiger partial charge in [0.1, 0.15) is 11.5 Å². The highest BCUT2D eigenvalue weighted by Gasteiger charge is 2.07. The number of ether oxygens (including phenoxy) is 1. The first-order valence-electron chi connectivity index (χ1n) is 7.28. The average molecular weight is 299 g/mol. The topological polar surface area (TPSA) is 58.6 Å². The number of carbonyl (C=O) groups is 1. The number of anilines is 1. The number of phenolic OH excluding ortho intramolecular Hbond substituents is 1. The third kappa shape index (κ3) is 4.25. The van der Waals surface area contributed by atoms with E-state index in [2.05, 4.69) is 19.2 Å². The molecule has 0 saturated carbocycles. The van der Waals surface area contributed by atoms with Gasteiger partial charge in [0, 0.05) is 11.8 Å². The lowest BCUT2D eigenvalue weighted by Gasteiger charge is -2.12. The van der Waals surface area contributed by atoms with E-state index in [-0.39, 0.29) is 18.3 Å². The monoisotopic (exact) mass is 299 g/mol. The third-order valence-electron chi connectivity index (χ3n) is 3.36. The first kappa shape index (κ1) is 15.9. The Hall–Kier alpha value is -2.49. The number of phenols is 1. The molecule has 2 rings (SSSR count). The van der Waals surface area contributed by atoms with Gasteiger partial charge >= 0.3 is 0 Å². The van der Waals surface area contributed by atoms with Crippen molar-refractivity contribution in [3.05, 3.63) is 53.6 Å². The van der Waals surface area contributed by atoms with Gasteiger partial charge in [-0.15, -0.1) is 0 Å². The van der Waals surface area contributed by atoms with Crippen LogP contribution in [0.15, 0.2) is 42.5 Å². The van der Waals surface area contributed by atoms with Gasteiger partial charge < -0.3 is 15.2 Å². The SMILES string of the molecule is Cc1cc(OCC(=O)Nc2cccc(O)c2)ccc1C(C)C. The van der Waals surface area contributed by atoms with Crippen LogP contribution < -0.4 is 10.1 Å². The van der Waals surface area contributed by atoms with Crippen LogP contribution in [0.5, 0.6) is 11.5 Å². The van der Waals surface area contributed by atoms with Crippen LogP contribution in [0.1, 0.15) is 30.9 Å². The van der Waals surface area contributed by atoms with Crippen LogP contribution in [0.25, 0.3) is 0 Å². The van der Waals surface area contributed by atoms with Crippen molar-refractivity contribution in [2.75, 3.05) is 11.9 Å². The summed E-state index contributed by atoms with van der Waals surface area (Å²) in [6.07, 6.45) is 0. The van der Waals surface area contributed by atoms with Crippen molar-refractivity contribution >= 4 is 11.6 Å². The van der Waals surface area contributed by atoms with Crippen molar-refractivity contribution in [2.24, 2.45) is 0 Å². The molecule has 0 unspecified atom stereocenters. The first-order valence-corrected chi connectivity index (χ1v) is 7.28. The van der Waals surface area contributed by atoms with Gasteiger partial charge in [-0.05, 0) is 48.2 Å². The molecule has 116 valence electrons. The molecule has 4 heteroatoms. The first-order chi connectivity index (χ1) is 10.5. The fourth-order valence-electron chi connectivity index (χ4n) is 2.32. The number of hydrogen-bond donors (Lipinski definition) is 2. The quantitative estimate of drug-likeness (QED) is 0.882. The van der Waals surface area contributed by atoms with Crippen molar-refractivity contribution < 1.29 is 14.6 Å². The van der Waals surface area contributed by atoms with E-state index >= 15 is 0 Å². The van der Waals surface area contributed by atoms with E-state index in [1.165, 1.54) is 11.6 Å². The van der Waals surface area contributed by atoms with E-state index in [1.54, 1.807) is 18.2 Å². The average Bonchev–Trinajstić information content (AvgIpc) is 2.45. The molecule has 0 heterocycles. The number of amides is 1. The lowest BCUT2D eigenvalue weighted by molar-refractivity contribution is -0.118. The number of carbonyl (C=O) groups excluding carboxylic acids is 1. The summed E-state index contributed by atoms with van der Waals surface area (Å²) < 4.78 is 5.51. The van der Waals surface area contributed by atoms with E-state index in [0.29, 0.717) is 17.4 Å². The molecule has 0 atom stereocenters. The maximum absolute atomic E-state index is 11.8. The highest BCUT2D eigenvalue weighted by molar-refractivity contribution is 5.92. The second kappa shape index (κ2) is 6.98. The summed E-state index contributed by atoms with van der Waals surface area (Å²) in [6.45, 7) is 6.25. The Morgan fingerprint density at radius 3 is 2.64 bits per heavy atom. The standard InChI is InChI=1S/C18H21NO3/c1-12(2)17-8-7-16(9-13(17)3)22-11-18(21)19-14-5-4-6-15(20)10-14/h4-10,12,20H,11H2,1-3H3,(H,19,21). The zero-order valence-electron chi connectivity index (χ0n) is 13.1. The number of hydrogen-bond acceptors (Lipinski definition) is 3. The van der Waals surface area contributed by atoms with Crippen molar-refractivity contribution in [2.45, 2.75) is 26.7 Å². The molecule has 0 aliphatic heterocycles. The number of aromatic hydroxyl groups is 1. The van der Waals surface area contributed by atoms with Gasteiger partial charge in [0.15, 0.2) is 6.61 Å². The van der Waals surface area contributed by atoms with Crippen LogP contribution in [0.2, 0.25) is 0 Å². The smallest absolute Gasteiger partial charge is 0.262 e. The van der Waals surface area contributed by atoms with Crippen LogP contribution >= 0.6 is 0 Å².